The number of hydrogen-bond acceptors (Lipinski definition) is 3. The molecule has 4 heteroatoms. The van der Waals surface area contributed by atoms with Gasteiger partial charge in [-0.05, 0) is 18.9 Å². The molecule has 92 valence electrons. The summed E-state index contributed by atoms with van der Waals surface area (Å²) in [7, 11) is 0. The van der Waals surface area contributed by atoms with Gasteiger partial charge in [-0.2, -0.15) is 0 Å². The first-order chi connectivity index (χ1) is 8.75. The lowest BCUT2D eigenvalue weighted by Crippen LogP contribution is -2.34. The fourth-order valence-corrected chi connectivity index (χ4v) is 1.73. The van der Waals surface area contributed by atoms with Crippen LogP contribution in [0.3, 0.4) is 0 Å². The number of benzene rings is 1. The van der Waals surface area contributed by atoms with Gasteiger partial charge in [0.15, 0.2) is 0 Å². The Morgan fingerprint density at radius 2 is 2.06 bits per heavy atom. The molecule has 1 amide bonds. The zero-order valence-electron chi connectivity index (χ0n) is 10.2. The van der Waals surface area contributed by atoms with Gasteiger partial charge in [0.1, 0.15) is 5.69 Å². The van der Waals surface area contributed by atoms with Gasteiger partial charge in [0.25, 0.3) is 5.91 Å². The number of carbonyl (C=O) groups is 1. The van der Waals surface area contributed by atoms with Crippen LogP contribution in [0.5, 0.6) is 0 Å². The van der Waals surface area contributed by atoms with Gasteiger partial charge in [-0.25, -0.2) is 4.98 Å². The summed E-state index contributed by atoms with van der Waals surface area (Å²) < 4.78 is 0. The van der Waals surface area contributed by atoms with Crippen molar-refractivity contribution < 1.29 is 4.79 Å². The average molecular weight is 241 g/mol. The minimum atomic E-state index is -0.188. The van der Waals surface area contributed by atoms with Crippen LogP contribution in [0, 0.1) is 0 Å². The van der Waals surface area contributed by atoms with Gasteiger partial charge >= 0.3 is 0 Å². The Balaban J connectivity index is 1.92. The normalized spacial score (nSPS) is 11.8. The first kappa shape index (κ1) is 12.2. The molecule has 2 rings (SSSR count). The largest absolute Gasteiger partial charge is 0.348 e. The van der Waals surface area contributed by atoms with Crippen LogP contribution in [0.4, 0.5) is 0 Å². The molecule has 0 aliphatic carbocycles. The first-order valence-corrected chi connectivity index (χ1v) is 5.86. The summed E-state index contributed by atoms with van der Waals surface area (Å²) >= 11 is 0. The highest BCUT2D eigenvalue weighted by molar-refractivity contribution is 5.92. The number of amides is 1. The minimum absolute atomic E-state index is 0.0573. The van der Waals surface area contributed by atoms with Crippen molar-refractivity contribution in [2.75, 3.05) is 0 Å². The summed E-state index contributed by atoms with van der Waals surface area (Å²) in [4.78, 5) is 19.7. The fourth-order valence-electron chi connectivity index (χ4n) is 1.73. The highest BCUT2D eigenvalue weighted by Gasteiger charge is 2.11. The number of rotatable bonds is 4. The second-order valence-electron chi connectivity index (χ2n) is 4.15. The molecule has 1 aromatic heterocycles. The molecule has 1 atom stereocenters. The van der Waals surface area contributed by atoms with E-state index in [1.807, 2.05) is 37.3 Å². The van der Waals surface area contributed by atoms with E-state index in [9.17, 15) is 4.79 Å². The molecule has 0 fully saturated rings. The molecule has 1 aromatic carbocycles. The lowest BCUT2D eigenvalue weighted by Gasteiger charge is -2.13. The fraction of sp³-hybridized carbons (Fsp3) is 0.214. The Hall–Kier alpha value is -2.23. The molecule has 4 nitrogen and oxygen atoms in total. The molecule has 1 unspecified atom stereocenters. The zero-order chi connectivity index (χ0) is 12.8. The lowest BCUT2D eigenvalue weighted by molar-refractivity contribution is 0.0934. The van der Waals surface area contributed by atoms with E-state index in [1.165, 1.54) is 18.0 Å². The standard InChI is InChI=1S/C14H15N3O/c1-11(9-12-5-3-2-4-6-12)17-14(18)13-10-15-7-8-16-13/h2-8,10-11H,9H2,1H3,(H,17,18). The highest BCUT2D eigenvalue weighted by atomic mass is 16.1. The van der Waals surface area contributed by atoms with E-state index in [0.717, 1.165) is 6.42 Å². The molecule has 2 aromatic rings. The van der Waals surface area contributed by atoms with Crippen LogP contribution in [0.15, 0.2) is 48.9 Å². The van der Waals surface area contributed by atoms with Gasteiger partial charge in [-0.15, -0.1) is 0 Å². The molecule has 1 N–H and O–H groups in total. The highest BCUT2D eigenvalue weighted by Crippen LogP contribution is 2.03. The second kappa shape index (κ2) is 5.91. The Kier molecular flexibility index (Phi) is 4.02. The van der Waals surface area contributed by atoms with Crippen LogP contribution in [0.25, 0.3) is 0 Å². The minimum Gasteiger partial charge on any atom is -0.348 e. The smallest absolute Gasteiger partial charge is 0.271 e. The Morgan fingerprint density at radius 1 is 1.28 bits per heavy atom. The van der Waals surface area contributed by atoms with Gasteiger partial charge < -0.3 is 5.32 Å². The van der Waals surface area contributed by atoms with Crippen molar-refractivity contribution in [1.82, 2.24) is 15.3 Å². The summed E-state index contributed by atoms with van der Waals surface area (Å²) in [5.41, 5.74) is 1.54. The number of carbonyl (C=O) groups excluding carboxylic acids is 1. The van der Waals surface area contributed by atoms with E-state index in [4.69, 9.17) is 0 Å². The van der Waals surface area contributed by atoms with E-state index >= 15 is 0 Å². The number of hydrogen-bond donors (Lipinski definition) is 1. The average Bonchev–Trinajstić information content (AvgIpc) is 2.40. The van der Waals surface area contributed by atoms with E-state index < -0.39 is 0 Å². The number of aromatic nitrogens is 2. The maximum atomic E-state index is 11.8. The third kappa shape index (κ3) is 3.38. The summed E-state index contributed by atoms with van der Waals surface area (Å²) in [5, 5.41) is 2.90. The molecule has 0 aliphatic rings. The van der Waals surface area contributed by atoms with Crippen molar-refractivity contribution in [2.24, 2.45) is 0 Å². The van der Waals surface area contributed by atoms with Crippen molar-refractivity contribution in [2.45, 2.75) is 19.4 Å². The van der Waals surface area contributed by atoms with Crippen molar-refractivity contribution in [3.8, 4) is 0 Å². The van der Waals surface area contributed by atoms with Crippen molar-refractivity contribution in [3.63, 3.8) is 0 Å². The van der Waals surface area contributed by atoms with Crippen LogP contribution in [0.2, 0.25) is 0 Å². The van der Waals surface area contributed by atoms with Crippen molar-refractivity contribution in [1.29, 1.82) is 0 Å². The quantitative estimate of drug-likeness (QED) is 0.888. The molecular formula is C14H15N3O. The first-order valence-electron chi connectivity index (χ1n) is 5.86. The maximum absolute atomic E-state index is 11.8. The van der Waals surface area contributed by atoms with Crippen molar-refractivity contribution in [3.05, 3.63) is 60.2 Å². The summed E-state index contributed by atoms with van der Waals surface area (Å²) in [5.74, 6) is -0.188. The summed E-state index contributed by atoms with van der Waals surface area (Å²) in [6.07, 6.45) is 5.32. The summed E-state index contributed by atoms with van der Waals surface area (Å²) in [6.45, 7) is 1.97. The predicted molar refractivity (Wildman–Crippen MR) is 69.1 cm³/mol. The molecule has 18 heavy (non-hydrogen) atoms. The molecule has 0 radical (unpaired) electrons. The van der Waals surface area contributed by atoms with Crippen molar-refractivity contribution >= 4 is 5.91 Å². The van der Waals surface area contributed by atoms with Crippen LogP contribution in [-0.4, -0.2) is 21.9 Å². The lowest BCUT2D eigenvalue weighted by atomic mass is 10.1. The van der Waals surface area contributed by atoms with Gasteiger partial charge in [-0.3, -0.25) is 9.78 Å². The van der Waals surface area contributed by atoms with Crippen LogP contribution >= 0.6 is 0 Å². The van der Waals surface area contributed by atoms with Gasteiger partial charge in [0, 0.05) is 18.4 Å². The monoisotopic (exact) mass is 241 g/mol. The van der Waals surface area contributed by atoms with Gasteiger partial charge in [0.2, 0.25) is 0 Å². The molecule has 1 heterocycles. The molecule has 0 spiro atoms. The zero-order valence-corrected chi connectivity index (χ0v) is 10.2. The molecule has 0 bridgehead atoms. The molecule has 0 aliphatic heterocycles. The molecule has 0 saturated heterocycles. The molecule has 0 saturated carbocycles. The third-order valence-electron chi connectivity index (χ3n) is 2.56. The van der Waals surface area contributed by atoms with E-state index in [1.54, 1.807) is 6.20 Å². The Morgan fingerprint density at radius 3 is 2.72 bits per heavy atom. The second-order valence-corrected chi connectivity index (χ2v) is 4.15. The van der Waals surface area contributed by atoms with Crippen LogP contribution in [0.1, 0.15) is 23.0 Å². The van der Waals surface area contributed by atoms with Crippen LogP contribution in [-0.2, 0) is 6.42 Å². The van der Waals surface area contributed by atoms with E-state index in [0.29, 0.717) is 5.69 Å². The maximum Gasteiger partial charge on any atom is 0.271 e. The predicted octanol–water partition coefficient (Wildman–Crippen LogP) is 1.84. The van der Waals surface area contributed by atoms with Crippen LogP contribution < -0.4 is 5.32 Å². The third-order valence-corrected chi connectivity index (χ3v) is 2.56. The topological polar surface area (TPSA) is 54.9 Å². The van der Waals surface area contributed by atoms with Gasteiger partial charge in [-0.1, -0.05) is 30.3 Å². The summed E-state index contributed by atoms with van der Waals surface area (Å²) in [6, 6.07) is 10.1. The van der Waals surface area contributed by atoms with E-state index in [2.05, 4.69) is 15.3 Å². The van der Waals surface area contributed by atoms with Gasteiger partial charge in [0.05, 0.1) is 6.20 Å². The van der Waals surface area contributed by atoms with E-state index in [-0.39, 0.29) is 11.9 Å². The number of nitrogens with zero attached hydrogens (tertiary/aromatic N) is 2. The molecular weight excluding hydrogens is 226 g/mol. The Bertz CT molecular complexity index is 499. The Labute approximate surface area is 106 Å². The number of nitrogens with one attached hydrogen (secondary N) is 1. The SMILES string of the molecule is CC(Cc1ccccc1)NC(=O)c1cnccn1.